The van der Waals surface area contributed by atoms with Crippen molar-refractivity contribution in [2.24, 2.45) is 23.2 Å². The summed E-state index contributed by atoms with van der Waals surface area (Å²) in [6, 6.07) is 10.0. The van der Waals surface area contributed by atoms with Crippen molar-refractivity contribution in [1.29, 1.82) is 0 Å². The van der Waals surface area contributed by atoms with Crippen LogP contribution in [0.2, 0.25) is 0 Å². The fourth-order valence-electron chi connectivity index (χ4n) is 6.32. The van der Waals surface area contributed by atoms with Gasteiger partial charge in [0, 0.05) is 5.92 Å². The molecule has 2 aliphatic rings. The van der Waals surface area contributed by atoms with E-state index in [0.29, 0.717) is 28.7 Å². The van der Waals surface area contributed by atoms with Gasteiger partial charge in [-0.05, 0) is 77.8 Å². The summed E-state index contributed by atoms with van der Waals surface area (Å²) in [5.41, 5.74) is 3.66. The predicted molar refractivity (Wildman–Crippen MR) is 120 cm³/mol. The van der Waals surface area contributed by atoms with Crippen molar-refractivity contribution < 1.29 is 10.2 Å². The maximum atomic E-state index is 11.2. The van der Waals surface area contributed by atoms with E-state index in [2.05, 4.69) is 41.3 Å². The first kappa shape index (κ1) is 21.8. The molecule has 2 fully saturated rings. The monoisotopic (exact) mass is 446 g/mol. The molecular weight excluding hydrogens is 412 g/mol. The summed E-state index contributed by atoms with van der Waals surface area (Å²) in [5, 5.41) is 20.9. The van der Waals surface area contributed by atoms with E-state index in [1.807, 2.05) is 30.3 Å². The number of hydrogen-bond donors (Lipinski definition) is 2. The lowest BCUT2D eigenvalue weighted by Crippen LogP contribution is -2.37. The Balaban J connectivity index is 1.76. The highest BCUT2D eigenvalue weighted by atomic mass is 79.9. The zero-order valence-corrected chi connectivity index (χ0v) is 18.9. The van der Waals surface area contributed by atoms with Crippen molar-refractivity contribution in [3.63, 3.8) is 0 Å². The number of allylic oxidation sites excluding steroid dienone is 1. The molecule has 1 aromatic rings. The molecule has 6 atom stereocenters. The number of fused-ring (bicyclic) bond motifs is 1. The summed E-state index contributed by atoms with van der Waals surface area (Å²) in [7, 11) is 0. The van der Waals surface area contributed by atoms with Gasteiger partial charge in [-0.2, -0.15) is 0 Å². The van der Waals surface area contributed by atoms with Crippen LogP contribution in [-0.2, 0) is 0 Å². The smallest absolute Gasteiger partial charge is 0.0649 e. The molecule has 2 saturated carbocycles. The van der Waals surface area contributed by atoms with Gasteiger partial charge in [-0.25, -0.2) is 0 Å². The van der Waals surface area contributed by atoms with Gasteiger partial charge >= 0.3 is 0 Å². The zero-order valence-electron chi connectivity index (χ0n) is 17.3. The van der Waals surface area contributed by atoms with Gasteiger partial charge in [0.05, 0.1) is 12.7 Å². The van der Waals surface area contributed by atoms with Gasteiger partial charge in [-0.1, -0.05) is 72.3 Å². The van der Waals surface area contributed by atoms with Crippen LogP contribution >= 0.6 is 15.9 Å². The highest BCUT2D eigenvalue weighted by Crippen LogP contribution is 2.60. The number of rotatable bonds is 7. The van der Waals surface area contributed by atoms with Crippen molar-refractivity contribution in [2.45, 2.75) is 64.4 Å². The highest BCUT2D eigenvalue weighted by molar-refractivity contribution is 9.11. The lowest BCUT2D eigenvalue weighted by Gasteiger charge is -2.44. The third kappa shape index (κ3) is 4.17. The molecule has 3 rings (SSSR count). The first-order valence-electron chi connectivity index (χ1n) is 10.7. The van der Waals surface area contributed by atoms with Crippen molar-refractivity contribution >= 4 is 15.9 Å². The molecule has 0 spiro atoms. The lowest BCUT2D eigenvalue weighted by molar-refractivity contribution is 0.0572. The zero-order chi connectivity index (χ0) is 20.3. The number of aliphatic hydroxyl groups is 2. The summed E-state index contributed by atoms with van der Waals surface area (Å²) < 4.78 is 0. The maximum Gasteiger partial charge on any atom is 0.0649 e. The summed E-state index contributed by atoms with van der Waals surface area (Å²) in [5.74, 6) is 1.55. The van der Waals surface area contributed by atoms with Crippen LogP contribution in [0.5, 0.6) is 0 Å². The van der Waals surface area contributed by atoms with Crippen LogP contribution in [0.3, 0.4) is 0 Å². The van der Waals surface area contributed by atoms with E-state index in [1.165, 1.54) is 32.1 Å². The molecule has 0 heterocycles. The Labute approximate surface area is 178 Å². The minimum Gasteiger partial charge on any atom is -0.392 e. The van der Waals surface area contributed by atoms with Crippen LogP contribution in [0.15, 0.2) is 53.0 Å². The molecule has 0 aromatic heterocycles. The van der Waals surface area contributed by atoms with E-state index in [9.17, 15) is 10.2 Å². The average molecular weight is 447 g/mol. The molecule has 0 aliphatic heterocycles. The van der Waals surface area contributed by atoms with Crippen molar-refractivity contribution in [2.75, 3.05) is 6.61 Å². The number of benzene rings is 1. The Morgan fingerprint density at radius 3 is 2.68 bits per heavy atom. The Morgan fingerprint density at radius 2 is 2.04 bits per heavy atom. The number of hydrogen-bond acceptors (Lipinski definition) is 2. The molecule has 0 bridgehead atoms. The van der Waals surface area contributed by atoms with Gasteiger partial charge in [0.2, 0.25) is 0 Å². The topological polar surface area (TPSA) is 40.5 Å². The second-order valence-electron chi connectivity index (χ2n) is 9.26. The van der Waals surface area contributed by atoms with Crippen LogP contribution in [0.25, 0.3) is 0 Å². The second kappa shape index (κ2) is 9.28. The van der Waals surface area contributed by atoms with Gasteiger partial charge < -0.3 is 10.2 Å². The Kier molecular flexibility index (Phi) is 7.22. The molecule has 154 valence electrons. The van der Waals surface area contributed by atoms with Gasteiger partial charge in [0.15, 0.2) is 0 Å². The molecule has 0 amide bonds. The molecular formula is C25H35BrO2. The van der Waals surface area contributed by atoms with Crippen molar-refractivity contribution in [1.82, 2.24) is 0 Å². The van der Waals surface area contributed by atoms with Crippen LogP contribution < -0.4 is 0 Å². The highest BCUT2D eigenvalue weighted by Gasteiger charge is 2.50. The standard InChI is InChI=1S/C25H35BrO2/c1-17(21-11-12-22-20(15-26)10-7-13-25(21,22)3)14-23(28)24(18(2)16-27)19-8-5-4-6-9-19/h4-6,8-9,15,17,21-24,27-28H,2,7,10-14,16H2,1,3H3/t17-,21-,22+,23-,24+,25-/m1/s1. The van der Waals surface area contributed by atoms with Gasteiger partial charge in [-0.3, -0.25) is 0 Å². The predicted octanol–water partition coefficient (Wildman–Crippen LogP) is 6.20. The molecule has 3 heteroatoms. The van der Waals surface area contributed by atoms with E-state index >= 15 is 0 Å². The normalized spacial score (nSPS) is 32.0. The minimum atomic E-state index is -0.519. The average Bonchev–Trinajstić information content (AvgIpc) is 3.05. The van der Waals surface area contributed by atoms with Gasteiger partial charge in [0.25, 0.3) is 0 Å². The summed E-state index contributed by atoms with van der Waals surface area (Å²) in [6.07, 6.45) is 6.53. The third-order valence-corrected chi connectivity index (χ3v) is 8.25. The van der Waals surface area contributed by atoms with Crippen LogP contribution in [0.4, 0.5) is 0 Å². The molecule has 0 unspecified atom stereocenters. The lowest BCUT2D eigenvalue weighted by atomic mass is 9.61. The quantitative estimate of drug-likeness (QED) is 0.489. The Morgan fingerprint density at radius 1 is 1.32 bits per heavy atom. The Hall–Kier alpha value is -0.900. The largest absolute Gasteiger partial charge is 0.392 e. The maximum absolute atomic E-state index is 11.2. The molecule has 2 N–H and O–H groups in total. The van der Waals surface area contributed by atoms with E-state index in [1.54, 1.807) is 5.57 Å². The third-order valence-electron chi connectivity index (χ3n) is 7.66. The second-order valence-corrected chi connectivity index (χ2v) is 9.72. The molecule has 1 aromatic carbocycles. The molecule has 0 radical (unpaired) electrons. The van der Waals surface area contributed by atoms with E-state index < -0.39 is 6.10 Å². The van der Waals surface area contributed by atoms with Crippen molar-refractivity contribution in [3.05, 3.63) is 58.6 Å². The SMILES string of the molecule is C=C(CO)[C@@H](c1ccccc1)[C@H](O)C[C@@H](C)[C@H]1CC[C@H]2C(=CBr)CCC[C@]12C. The first-order valence-corrected chi connectivity index (χ1v) is 11.6. The van der Waals surface area contributed by atoms with Gasteiger partial charge in [-0.15, -0.1) is 0 Å². The molecule has 2 nitrogen and oxygen atoms in total. The number of aliphatic hydroxyl groups excluding tert-OH is 2. The van der Waals surface area contributed by atoms with Gasteiger partial charge in [0.1, 0.15) is 0 Å². The van der Waals surface area contributed by atoms with Crippen LogP contribution in [-0.4, -0.2) is 22.9 Å². The van der Waals surface area contributed by atoms with E-state index in [0.717, 1.165) is 12.0 Å². The summed E-state index contributed by atoms with van der Waals surface area (Å²) in [6.45, 7) is 8.76. The Bertz CT molecular complexity index is 698. The first-order chi connectivity index (χ1) is 13.4. The van der Waals surface area contributed by atoms with Crippen LogP contribution in [0, 0.1) is 23.2 Å². The van der Waals surface area contributed by atoms with Crippen molar-refractivity contribution in [3.8, 4) is 0 Å². The summed E-state index contributed by atoms with van der Waals surface area (Å²) in [4.78, 5) is 2.17. The van der Waals surface area contributed by atoms with Crippen LogP contribution in [0.1, 0.15) is 63.9 Å². The summed E-state index contributed by atoms with van der Waals surface area (Å²) >= 11 is 3.60. The molecule has 0 saturated heterocycles. The van der Waals surface area contributed by atoms with E-state index in [4.69, 9.17) is 0 Å². The fraction of sp³-hybridized carbons (Fsp3) is 0.600. The molecule has 2 aliphatic carbocycles. The fourth-order valence-corrected chi connectivity index (χ4v) is 6.86. The minimum absolute atomic E-state index is 0.0897. The molecule has 28 heavy (non-hydrogen) atoms. The number of halogens is 1. The van der Waals surface area contributed by atoms with E-state index in [-0.39, 0.29) is 12.5 Å².